The number of amides is 1. The molecule has 1 amide bonds. The molecule has 9 heteroatoms. The van der Waals surface area contributed by atoms with Crippen molar-refractivity contribution in [1.82, 2.24) is 9.88 Å². The van der Waals surface area contributed by atoms with E-state index in [-0.39, 0.29) is 17.3 Å². The van der Waals surface area contributed by atoms with Crippen LogP contribution in [0.15, 0.2) is 30.0 Å². The molecule has 0 unspecified atom stereocenters. The van der Waals surface area contributed by atoms with Gasteiger partial charge < -0.3 is 10.0 Å². The first-order chi connectivity index (χ1) is 17.3. The van der Waals surface area contributed by atoms with Gasteiger partial charge in [0, 0.05) is 36.9 Å². The maximum atomic E-state index is 13.8. The maximum absolute atomic E-state index is 13.8. The van der Waals surface area contributed by atoms with Gasteiger partial charge in [-0.1, -0.05) is 19.4 Å². The van der Waals surface area contributed by atoms with E-state index in [2.05, 4.69) is 11.2 Å². The first kappa shape index (κ1) is 27.6. The summed E-state index contributed by atoms with van der Waals surface area (Å²) >= 11 is 1.99. The maximum Gasteiger partial charge on any atom is 0.311 e. The number of hydrogen-bond acceptors (Lipinski definition) is 6. The zero-order valence-electron chi connectivity index (χ0n) is 21.3. The van der Waals surface area contributed by atoms with Gasteiger partial charge in [-0.15, -0.1) is 0 Å². The fourth-order valence-electron chi connectivity index (χ4n) is 4.50. The van der Waals surface area contributed by atoms with Crippen LogP contribution in [0.25, 0.3) is 5.57 Å². The molecule has 1 N–H and O–H groups in total. The monoisotopic (exact) mass is 515 g/mol. The number of pyridine rings is 1. The number of phenols is 1. The molecular formula is C27H34FN3O4S. The second-order valence-electron chi connectivity index (χ2n) is 8.84. The summed E-state index contributed by atoms with van der Waals surface area (Å²) in [5.41, 5.74) is 4.20. The van der Waals surface area contributed by atoms with E-state index in [1.54, 1.807) is 4.90 Å². The van der Waals surface area contributed by atoms with Gasteiger partial charge in [-0.2, -0.15) is 11.8 Å². The van der Waals surface area contributed by atoms with Crippen molar-refractivity contribution in [1.29, 1.82) is 0 Å². The number of nitro groups is 1. The van der Waals surface area contributed by atoms with Gasteiger partial charge in [0.2, 0.25) is 5.91 Å². The Labute approximate surface area is 216 Å². The zero-order chi connectivity index (χ0) is 26.4. The lowest BCUT2D eigenvalue weighted by Crippen LogP contribution is -2.34. The number of fused-ring (bicyclic) bond motifs is 2. The Hall–Kier alpha value is -2.94. The number of rotatable bonds is 2. The number of halogens is 1. The molecule has 0 radical (unpaired) electrons. The SMILES string of the molecule is CC.CC(=O)N1CCC(=C2c3cc([N+](=O)[O-])c(O)cc3CCc3cc(F)cnc32)CC1.CSC1CC1. The largest absolute Gasteiger partial charge is 0.502 e. The van der Waals surface area contributed by atoms with Crippen LogP contribution in [0, 0.1) is 15.9 Å². The molecular weight excluding hydrogens is 481 g/mol. The molecule has 0 bridgehead atoms. The molecule has 2 fully saturated rings. The zero-order valence-corrected chi connectivity index (χ0v) is 22.2. The van der Waals surface area contributed by atoms with Crippen molar-refractivity contribution < 1.29 is 19.2 Å². The molecule has 7 nitrogen and oxygen atoms in total. The highest BCUT2D eigenvalue weighted by Gasteiger charge is 2.29. The Morgan fingerprint density at radius 1 is 1.14 bits per heavy atom. The van der Waals surface area contributed by atoms with Gasteiger partial charge >= 0.3 is 5.69 Å². The van der Waals surface area contributed by atoms with Crippen LogP contribution in [0.4, 0.5) is 10.1 Å². The smallest absolute Gasteiger partial charge is 0.311 e. The first-order valence-electron chi connectivity index (χ1n) is 12.4. The van der Waals surface area contributed by atoms with Crippen LogP contribution >= 0.6 is 11.8 Å². The van der Waals surface area contributed by atoms with Gasteiger partial charge in [0.1, 0.15) is 5.82 Å². The van der Waals surface area contributed by atoms with Crippen molar-refractivity contribution in [3.63, 3.8) is 0 Å². The van der Waals surface area contributed by atoms with E-state index < -0.39 is 10.7 Å². The van der Waals surface area contributed by atoms with E-state index in [4.69, 9.17) is 0 Å². The third-order valence-corrected chi connectivity index (χ3v) is 7.66. The van der Waals surface area contributed by atoms with Crippen LogP contribution in [0.3, 0.4) is 0 Å². The molecule has 1 aliphatic heterocycles. The molecule has 194 valence electrons. The van der Waals surface area contributed by atoms with Crippen molar-refractivity contribution >= 4 is 28.9 Å². The Bertz CT molecular complexity index is 1150. The van der Waals surface area contributed by atoms with E-state index >= 15 is 0 Å². The van der Waals surface area contributed by atoms with Crippen LogP contribution in [-0.4, -0.2) is 50.4 Å². The molecule has 1 saturated carbocycles. The minimum Gasteiger partial charge on any atom is -0.502 e. The van der Waals surface area contributed by atoms with E-state index in [9.17, 15) is 24.4 Å². The molecule has 1 aromatic carbocycles. The molecule has 1 saturated heterocycles. The summed E-state index contributed by atoms with van der Waals surface area (Å²) in [6.07, 6.45) is 8.53. The molecule has 5 rings (SSSR count). The summed E-state index contributed by atoms with van der Waals surface area (Å²) < 4.78 is 13.8. The number of nitro benzene ring substituents is 1. The molecule has 36 heavy (non-hydrogen) atoms. The average Bonchev–Trinajstić information content (AvgIpc) is 3.72. The lowest BCUT2D eigenvalue weighted by atomic mass is 9.88. The standard InChI is InChI=1S/C21H20FN3O4.C4H8S.C2H6/c1-12(26)24-6-4-13(5-7-24)20-17-10-18(25(28)29)19(27)9-14(17)2-3-15-8-16(22)11-23-21(15)20;1-5-4-2-3-4;1-2/h8-11,27H,2-7H2,1H3;4H,2-3H2,1H3;1-2H3. The number of carbonyl (C=O) groups excluding carboxylic acids is 1. The van der Waals surface area contributed by atoms with Crippen LogP contribution in [0.2, 0.25) is 0 Å². The predicted molar refractivity (Wildman–Crippen MR) is 142 cm³/mol. The Morgan fingerprint density at radius 2 is 1.78 bits per heavy atom. The average molecular weight is 516 g/mol. The number of hydrogen-bond donors (Lipinski definition) is 1. The van der Waals surface area contributed by atoms with Gasteiger partial charge in [0.15, 0.2) is 5.75 Å². The van der Waals surface area contributed by atoms with Gasteiger partial charge in [-0.3, -0.25) is 19.9 Å². The summed E-state index contributed by atoms with van der Waals surface area (Å²) in [4.78, 5) is 28.6. The van der Waals surface area contributed by atoms with Crippen LogP contribution in [0.1, 0.15) is 68.8 Å². The third kappa shape index (κ3) is 6.43. The highest BCUT2D eigenvalue weighted by molar-refractivity contribution is 7.99. The fraction of sp³-hybridized carbons (Fsp3) is 0.481. The number of thioether (sulfide) groups is 1. The first-order valence-corrected chi connectivity index (χ1v) is 13.7. The normalized spacial score (nSPS) is 16.4. The molecule has 2 heterocycles. The summed E-state index contributed by atoms with van der Waals surface area (Å²) in [5.74, 6) is -0.801. The van der Waals surface area contributed by atoms with E-state index in [0.29, 0.717) is 50.0 Å². The second kappa shape index (κ2) is 12.3. The van der Waals surface area contributed by atoms with Gasteiger partial charge in [0.25, 0.3) is 0 Å². The van der Waals surface area contributed by atoms with Crippen molar-refractivity contribution in [2.75, 3.05) is 19.3 Å². The van der Waals surface area contributed by atoms with Crippen molar-refractivity contribution in [2.45, 2.75) is 64.5 Å². The molecule has 3 aliphatic rings. The van der Waals surface area contributed by atoms with Crippen LogP contribution < -0.4 is 0 Å². The lowest BCUT2D eigenvalue weighted by Gasteiger charge is -2.29. The fourth-order valence-corrected chi connectivity index (χ4v) is 5.11. The quantitative estimate of drug-likeness (QED) is 0.394. The molecule has 2 aromatic rings. The van der Waals surface area contributed by atoms with Crippen molar-refractivity contribution in [3.8, 4) is 5.75 Å². The van der Waals surface area contributed by atoms with E-state index in [0.717, 1.165) is 33.7 Å². The highest BCUT2D eigenvalue weighted by Crippen LogP contribution is 2.41. The number of aryl methyl sites for hydroxylation is 2. The molecule has 0 atom stereocenters. The Kier molecular flexibility index (Phi) is 9.48. The number of benzene rings is 1. The molecule has 0 spiro atoms. The summed E-state index contributed by atoms with van der Waals surface area (Å²) in [5, 5.41) is 22.6. The number of piperidine rings is 1. The summed E-state index contributed by atoms with van der Waals surface area (Å²) in [6, 6.07) is 4.28. The summed E-state index contributed by atoms with van der Waals surface area (Å²) in [6.45, 7) is 6.64. The van der Waals surface area contributed by atoms with E-state index in [1.165, 1.54) is 38.0 Å². The van der Waals surface area contributed by atoms with Crippen molar-refractivity contribution in [3.05, 3.63) is 68.3 Å². The topological polar surface area (TPSA) is 96.6 Å². The minimum absolute atomic E-state index is 0.0106. The van der Waals surface area contributed by atoms with Crippen LogP contribution in [0.5, 0.6) is 5.75 Å². The lowest BCUT2D eigenvalue weighted by molar-refractivity contribution is -0.385. The number of aromatic nitrogens is 1. The molecule has 2 aliphatic carbocycles. The van der Waals surface area contributed by atoms with Crippen LogP contribution in [-0.2, 0) is 17.6 Å². The highest BCUT2D eigenvalue weighted by atomic mass is 32.2. The number of likely N-dealkylation sites (tertiary alicyclic amines) is 1. The number of nitrogens with zero attached hydrogens (tertiary/aromatic N) is 3. The Balaban J connectivity index is 0.000000452. The minimum atomic E-state index is -0.611. The predicted octanol–water partition coefficient (Wildman–Crippen LogP) is 5.92. The number of aromatic hydroxyl groups is 1. The number of carbonyl (C=O) groups is 1. The van der Waals surface area contributed by atoms with Gasteiger partial charge in [-0.05, 0) is 73.6 Å². The summed E-state index contributed by atoms with van der Waals surface area (Å²) in [7, 11) is 0. The third-order valence-electron chi connectivity index (χ3n) is 6.52. The number of phenolic OH excluding ortho intramolecular Hbond substituents is 1. The van der Waals surface area contributed by atoms with E-state index in [1.807, 2.05) is 25.6 Å². The van der Waals surface area contributed by atoms with Gasteiger partial charge in [0.05, 0.1) is 16.8 Å². The second-order valence-corrected chi connectivity index (χ2v) is 9.97. The molecule has 1 aromatic heterocycles. The van der Waals surface area contributed by atoms with Crippen molar-refractivity contribution in [2.24, 2.45) is 0 Å². The van der Waals surface area contributed by atoms with Gasteiger partial charge in [-0.25, -0.2) is 4.39 Å². The Morgan fingerprint density at radius 3 is 2.31 bits per heavy atom.